The zero-order chi connectivity index (χ0) is 10.6. The quantitative estimate of drug-likeness (QED) is 0.763. The lowest BCUT2D eigenvalue weighted by Crippen LogP contribution is -2.37. The van der Waals surface area contributed by atoms with Crippen molar-refractivity contribution in [3.8, 4) is 0 Å². The molecule has 1 heterocycles. The Morgan fingerprint density at radius 1 is 1.21 bits per heavy atom. The van der Waals surface area contributed by atoms with Gasteiger partial charge in [-0.15, -0.1) is 0 Å². The largest absolute Gasteiger partial charge is 0.392 e. The zero-order valence-corrected chi connectivity index (χ0v) is 8.94. The Kier molecular flexibility index (Phi) is 4.04. The molecule has 14 heavy (non-hydrogen) atoms. The molecule has 0 fully saturated rings. The Morgan fingerprint density at radius 3 is 2.29 bits per heavy atom. The van der Waals surface area contributed by atoms with Crippen LogP contribution < -0.4 is 5.32 Å². The van der Waals surface area contributed by atoms with Crippen molar-refractivity contribution >= 4 is 0 Å². The molecule has 3 heteroatoms. The van der Waals surface area contributed by atoms with Crippen LogP contribution in [0.2, 0.25) is 0 Å². The first-order chi connectivity index (χ1) is 6.61. The van der Waals surface area contributed by atoms with E-state index in [1.165, 1.54) is 5.56 Å². The molecule has 0 amide bonds. The second kappa shape index (κ2) is 5.08. The Labute approximate surface area is 85.2 Å². The van der Waals surface area contributed by atoms with Crippen LogP contribution in [-0.4, -0.2) is 22.2 Å². The fraction of sp³-hybridized carbons (Fsp3) is 0.545. The minimum absolute atomic E-state index is 0.0955. The zero-order valence-electron chi connectivity index (χ0n) is 8.94. The highest BCUT2D eigenvalue weighted by molar-refractivity contribution is 5.14. The molecule has 3 atom stereocenters. The van der Waals surface area contributed by atoms with Crippen molar-refractivity contribution in [1.29, 1.82) is 0 Å². The second-order valence-corrected chi connectivity index (χ2v) is 3.70. The first-order valence-electron chi connectivity index (χ1n) is 4.95. The molecule has 0 bridgehead atoms. The van der Waals surface area contributed by atoms with E-state index in [-0.39, 0.29) is 18.2 Å². The number of hydrogen-bond donors (Lipinski definition) is 2. The summed E-state index contributed by atoms with van der Waals surface area (Å²) in [5.74, 6) is 0. The molecule has 0 saturated heterocycles. The highest BCUT2D eigenvalue weighted by Gasteiger charge is 2.12. The van der Waals surface area contributed by atoms with Crippen molar-refractivity contribution in [3.63, 3.8) is 0 Å². The van der Waals surface area contributed by atoms with Crippen molar-refractivity contribution in [2.75, 3.05) is 0 Å². The maximum Gasteiger partial charge on any atom is 0.0662 e. The molecule has 78 valence electrons. The molecule has 0 aliphatic heterocycles. The molecule has 0 aromatic carbocycles. The van der Waals surface area contributed by atoms with Gasteiger partial charge in [0, 0.05) is 24.5 Å². The molecule has 3 nitrogen and oxygen atoms in total. The van der Waals surface area contributed by atoms with Crippen LogP contribution in [0.1, 0.15) is 32.4 Å². The van der Waals surface area contributed by atoms with Gasteiger partial charge in [-0.2, -0.15) is 0 Å². The molecule has 0 saturated carbocycles. The Balaban J connectivity index is 2.55. The fourth-order valence-corrected chi connectivity index (χ4v) is 1.28. The van der Waals surface area contributed by atoms with Crippen molar-refractivity contribution in [2.45, 2.75) is 39.0 Å². The first kappa shape index (κ1) is 11.1. The van der Waals surface area contributed by atoms with Crippen LogP contribution in [0.5, 0.6) is 0 Å². The normalized spacial score (nSPS) is 17.4. The number of pyridine rings is 1. The monoisotopic (exact) mass is 194 g/mol. The summed E-state index contributed by atoms with van der Waals surface area (Å²) in [7, 11) is 0. The molecular weight excluding hydrogens is 176 g/mol. The molecule has 0 aliphatic carbocycles. The first-order valence-corrected chi connectivity index (χ1v) is 4.95. The van der Waals surface area contributed by atoms with Crippen LogP contribution in [0.4, 0.5) is 0 Å². The number of aliphatic hydroxyl groups excluding tert-OH is 1. The number of aliphatic hydroxyl groups is 1. The van der Waals surface area contributed by atoms with E-state index in [1.54, 1.807) is 19.3 Å². The molecule has 1 aromatic heterocycles. The highest BCUT2D eigenvalue weighted by atomic mass is 16.3. The SMILES string of the molecule is CC(O)C(C)N[C@H](C)c1ccncc1. The summed E-state index contributed by atoms with van der Waals surface area (Å²) in [5, 5.41) is 12.7. The van der Waals surface area contributed by atoms with E-state index in [0.717, 1.165) is 0 Å². The smallest absolute Gasteiger partial charge is 0.0662 e. The Morgan fingerprint density at radius 2 is 1.79 bits per heavy atom. The highest BCUT2D eigenvalue weighted by Crippen LogP contribution is 2.11. The van der Waals surface area contributed by atoms with Gasteiger partial charge in [0.15, 0.2) is 0 Å². The number of nitrogens with zero attached hydrogens (tertiary/aromatic N) is 1. The number of hydrogen-bond acceptors (Lipinski definition) is 3. The predicted octanol–water partition coefficient (Wildman–Crippen LogP) is 1.50. The third-order valence-electron chi connectivity index (χ3n) is 2.44. The maximum atomic E-state index is 9.34. The lowest BCUT2D eigenvalue weighted by atomic mass is 10.1. The third-order valence-corrected chi connectivity index (χ3v) is 2.44. The summed E-state index contributed by atoms with van der Waals surface area (Å²) in [4.78, 5) is 3.96. The number of rotatable bonds is 4. The van der Waals surface area contributed by atoms with Gasteiger partial charge in [0.2, 0.25) is 0 Å². The van der Waals surface area contributed by atoms with E-state index in [4.69, 9.17) is 0 Å². The van der Waals surface area contributed by atoms with Crippen LogP contribution in [0.15, 0.2) is 24.5 Å². The minimum atomic E-state index is -0.334. The van der Waals surface area contributed by atoms with E-state index in [0.29, 0.717) is 0 Å². The van der Waals surface area contributed by atoms with Gasteiger partial charge in [-0.05, 0) is 38.5 Å². The maximum absolute atomic E-state index is 9.34. The van der Waals surface area contributed by atoms with E-state index in [1.807, 2.05) is 19.1 Å². The predicted molar refractivity (Wildman–Crippen MR) is 56.9 cm³/mol. The van der Waals surface area contributed by atoms with Gasteiger partial charge in [-0.1, -0.05) is 0 Å². The van der Waals surface area contributed by atoms with Crippen LogP contribution in [-0.2, 0) is 0 Å². The van der Waals surface area contributed by atoms with Crippen LogP contribution in [0.3, 0.4) is 0 Å². The molecule has 0 aliphatic rings. The van der Waals surface area contributed by atoms with Gasteiger partial charge in [0.1, 0.15) is 0 Å². The van der Waals surface area contributed by atoms with E-state index in [9.17, 15) is 5.11 Å². The Bertz CT molecular complexity index is 261. The van der Waals surface area contributed by atoms with Crippen LogP contribution in [0.25, 0.3) is 0 Å². The van der Waals surface area contributed by atoms with E-state index < -0.39 is 0 Å². The van der Waals surface area contributed by atoms with Gasteiger partial charge in [0.25, 0.3) is 0 Å². The van der Waals surface area contributed by atoms with Gasteiger partial charge >= 0.3 is 0 Å². The topological polar surface area (TPSA) is 45.1 Å². The number of nitrogens with one attached hydrogen (secondary N) is 1. The molecule has 0 spiro atoms. The van der Waals surface area contributed by atoms with Gasteiger partial charge in [-0.3, -0.25) is 4.98 Å². The van der Waals surface area contributed by atoms with Crippen LogP contribution >= 0.6 is 0 Å². The minimum Gasteiger partial charge on any atom is -0.392 e. The molecule has 0 radical (unpaired) electrons. The fourth-order valence-electron chi connectivity index (χ4n) is 1.28. The van der Waals surface area contributed by atoms with E-state index in [2.05, 4.69) is 17.2 Å². The Hall–Kier alpha value is -0.930. The average molecular weight is 194 g/mol. The summed E-state index contributed by atoms with van der Waals surface area (Å²) in [6.45, 7) is 5.84. The lowest BCUT2D eigenvalue weighted by Gasteiger charge is -2.22. The van der Waals surface area contributed by atoms with E-state index >= 15 is 0 Å². The summed E-state index contributed by atoms with van der Waals surface area (Å²) in [6.07, 6.45) is 3.22. The number of aromatic nitrogens is 1. The molecule has 2 unspecified atom stereocenters. The van der Waals surface area contributed by atoms with Crippen molar-refractivity contribution in [1.82, 2.24) is 10.3 Å². The van der Waals surface area contributed by atoms with Crippen molar-refractivity contribution in [3.05, 3.63) is 30.1 Å². The van der Waals surface area contributed by atoms with Crippen molar-refractivity contribution < 1.29 is 5.11 Å². The molecule has 2 N–H and O–H groups in total. The average Bonchev–Trinajstić information content (AvgIpc) is 2.19. The van der Waals surface area contributed by atoms with Gasteiger partial charge in [-0.25, -0.2) is 0 Å². The van der Waals surface area contributed by atoms with Gasteiger partial charge < -0.3 is 10.4 Å². The summed E-state index contributed by atoms with van der Waals surface area (Å²) < 4.78 is 0. The summed E-state index contributed by atoms with van der Waals surface area (Å²) in [5.41, 5.74) is 1.19. The second-order valence-electron chi connectivity index (χ2n) is 3.70. The van der Waals surface area contributed by atoms with Gasteiger partial charge in [0.05, 0.1) is 6.10 Å². The molecular formula is C11H18N2O. The molecule has 1 aromatic rings. The lowest BCUT2D eigenvalue weighted by molar-refractivity contribution is 0.147. The third kappa shape index (κ3) is 3.09. The summed E-state index contributed by atoms with van der Waals surface area (Å²) >= 11 is 0. The summed E-state index contributed by atoms with van der Waals surface area (Å²) in [6, 6.07) is 4.29. The van der Waals surface area contributed by atoms with Crippen LogP contribution in [0, 0.1) is 0 Å². The van der Waals surface area contributed by atoms with Crippen molar-refractivity contribution in [2.24, 2.45) is 0 Å². The molecule has 1 rings (SSSR count). The standard InChI is InChI=1S/C11H18N2O/c1-8(10(3)14)13-9(2)11-4-6-12-7-5-11/h4-10,13-14H,1-3H3/t8?,9-,10?/m1/s1.